The Balaban J connectivity index is 2.51. The van der Waals surface area contributed by atoms with Crippen LogP contribution in [-0.4, -0.2) is 18.0 Å². The van der Waals surface area contributed by atoms with Gasteiger partial charge in [0.2, 0.25) is 0 Å². The number of nitrogens with zero attached hydrogens (tertiary/aromatic N) is 1. The topological polar surface area (TPSA) is 38.4 Å². The molecule has 2 N–H and O–H groups in total. The average molecular weight is 234 g/mol. The molecule has 2 atom stereocenters. The van der Waals surface area contributed by atoms with Gasteiger partial charge < -0.3 is 5.73 Å². The summed E-state index contributed by atoms with van der Waals surface area (Å²) in [5.74, 6) is 0. The van der Waals surface area contributed by atoms with Crippen molar-refractivity contribution in [1.29, 1.82) is 0 Å². The molecule has 1 aromatic rings. The summed E-state index contributed by atoms with van der Waals surface area (Å²) in [6.07, 6.45) is 1.73. The molecule has 0 saturated heterocycles. The zero-order valence-corrected chi connectivity index (χ0v) is 10.4. The molecule has 0 spiro atoms. The van der Waals surface area contributed by atoms with E-state index in [1.807, 2.05) is 12.1 Å². The van der Waals surface area contributed by atoms with Gasteiger partial charge >= 0.3 is 0 Å². The van der Waals surface area contributed by atoms with Gasteiger partial charge in [-0.3, -0.25) is 4.99 Å². The monoisotopic (exact) mass is 234 g/mol. The molecular formula is C14H19FN2. The van der Waals surface area contributed by atoms with Crippen molar-refractivity contribution in [2.75, 3.05) is 0 Å². The molecule has 17 heavy (non-hydrogen) atoms. The second kappa shape index (κ2) is 4.96. The molecule has 0 aliphatic heterocycles. The maximum Gasteiger partial charge on any atom is 0.187 e. The van der Waals surface area contributed by atoms with Crippen LogP contribution in [-0.2, 0) is 6.42 Å². The van der Waals surface area contributed by atoms with Crippen LogP contribution < -0.4 is 5.73 Å². The van der Waals surface area contributed by atoms with Crippen LogP contribution in [0.4, 0.5) is 4.39 Å². The second-order valence-electron chi connectivity index (χ2n) is 4.75. The third kappa shape index (κ3) is 2.72. The summed E-state index contributed by atoms with van der Waals surface area (Å²) < 4.78 is 13.1. The minimum atomic E-state index is -1.19. The second-order valence-corrected chi connectivity index (χ2v) is 4.75. The van der Waals surface area contributed by atoms with Gasteiger partial charge in [0.25, 0.3) is 0 Å². The summed E-state index contributed by atoms with van der Waals surface area (Å²) in [6, 6.07) is 6.08. The third-order valence-corrected chi connectivity index (χ3v) is 3.17. The van der Waals surface area contributed by atoms with Gasteiger partial charge in [-0.15, -0.1) is 0 Å². The largest absolute Gasteiger partial charge is 0.323 e. The van der Waals surface area contributed by atoms with Gasteiger partial charge in [0.05, 0.1) is 5.71 Å². The molecule has 3 heteroatoms. The zero-order valence-electron chi connectivity index (χ0n) is 10.4. The van der Waals surface area contributed by atoms with Gasteiger partial charge in [0.15, 0.2) is 6.30 Å². The highest BCUT2D eigenvalue weighted by molar-refractivity contribution is 6.05. The van der Waals surface area contributed by atoms with E-state index < -0.39 is 6.30 Å². The molecule has 2 nitrogen and oxygen atoms in total. The van der Waals surface area contributed by atoms with Crippen LogP contribution in [0.3, 0.4) is 0 Å². The molecule has 1 aliphatic rings. The quantitative estimate of drug-likeness (QED) is 0.589. The number of hydrogen-bond donors (Lipinski definition) is 1. The van der Waals surface area contributed by atoms with Crippen molar-refractivity contribution in [3.63, 3.8) is 0 Å². The molecular weight excluding hydrogens is 215 g/mol. The number of fused-ring (bicyclic) bond motifs is 1. The van der Waals surface area contributed by atoms with E-state index >= 15 is 0 Å². The first kappa shape index (κ1) is 12.2. The first-order valence-corrected chi connectivity index (χ1v) is 6.15. The highest BCUT2D eigenvalue weighted by Crippen LogP contribution is 2.22. The first-order valence-electron chi connectivity index (χ1n) is 6.15. The lowest BCUT2D eigenvalue weighted by Gasteiger charge is -2.14. The van der Waals surface area contributed by atoms with E-state index in [1.165, 1.54) is 18.1 Å². The molecule has 0 fully saturated rings. The van der Waals surface area contributed by atoms with E-state index in [0.29, 0.717) is 0 Å². The summed E-state index contributed by atoms with van der Waals surface area (Å²) in [5.41, 5.74) is 10.3. The molecule has 1 aromatic carbocycles. The van der Waals surface area contributed by atoms with Crippen LogP contribution in [0.25, 0.3) is 0 Å². The van der Waals surface area contributed by atoms with Crippen molar-refractivity contribution in [3.05, 3.63) is 34.9 Å². The van der Waals surface area contributed by atoms with E-state index in [4.69, 9.17) is 5.73 Å². The fraction of sp³-hybridized carbons (Fsp3) is 0.500. The number of nitrogens with two attached hydrogens (primary N) is 1. The minimum Gasteiger partial charge on any atom is -0.323 e. The Hall–Kier alpha value is -1.22. The lowest BCUT2D eigenvalue weighted by atomic mass is 9.98. The van der Waals surface area contributed by atoms with Crippen LogP contribution in [0.5, 0.6) is 0 Å². The molecule has 0 aromatic heterocycles. The summed E-state index contributed by atoms with van der Waals surface area (Å²) in [4.78, 5) is 4.07. The Labute approximate surface area is 102 Å². The van der Waals surface area contributed by atoms with Crippen molar-refractivity contribution in [1.82, 2.24) is 0 Å². The molecule has 2 unspecified atom stereocenters. The van der Waals surface area contributed by atoms with Gasteiger partial charge in [0.1, 0.15) is 0 Å². The molecule has 0 heterocycles. The maximum atomic E-state index is 13.1. The maximum absolute atomic E-state index is 13.1. The molecule has 1 aliphatic carbocycles. The predicted molar refractivity (Wildman–Crippen MR) is 69.2 cm³/mol. The lowest BCUT2D eigenvalue weighted by Crippen LogP contribution is -2.31. The first-order chi connectivity index (χ1) is 8.08. The fourth-order valence-electron chi connectivity index (χ4n) is 2.39. The highest BCUT2D eigenvalue weighted by Gasteiger charge is 2.21. The summed E-state index contributed by atoms with van der Waals surface area (Å²) in [6.45, 7) is 3.51. The van der Waals surface area contributed by atoms with E-state index in [0.717, 1.165) is 30.5 Å². The van der Waals surface area contributed by atoms with Gasteiger partial charge in [0, 0.05) is 11.6 Å². The number of aryl methyl sites for hydroxylation is 2. The van der Waals surface area contributed by atoms with Gasteiger partial charge in [-0.05, 0) is 38.7 Å². The Morgan fingerprint density at radius 3 is 2.94 bits per heavy atom. The van der Waals surface area contributed by atoms with Crippen molar-refractivity contribution >= 4 is 5.71 Å². The summed E-state index contributed by atoms with van der Waals surface area (Å²) in [5, 5.41) is 0. The Bertz CT molecular complexity index is 438. The van der Waals surface area contributed by atoms with Crippen LogP contribution in [0.2, 0.25) is 0 Å². The normalized spacial score (nSPS) is 24.2. The van der Waals surface area contributed by atoms with Crippen molar-refractivity contribution in [2.24, 2.45) is 10.7 Å². The Morgan fingerprint density at radius 1 is 1.47 bits per heavy atom. The standard InChI is InChI=1S/C14H19FN2/c1-9-6-7-12-11(8-9)4-3-5-13(16)14(12)17-10(2)15/h6-8,10,13H,3-5,16H2,1-2H3. The SMILES string of the molecule is Cc1ccc2c(c1)CCCC(N)C2=NC(C)F. The number of hydrogen-bond acceptors (Lipinski definition) is 2. The molecule has 0 saturated carbocycles. The number of benzene rings is 1. The third-order valence-electron chi connectivity index (χ3n) is 3.17. The van der Waals surface area contributed by atoms with Gasteiger partial charge in [-0.1, -0.05) is 23.8 Å². The van der Waals surface area contributed by atoms with Crippen LogP contribution in [0.15, 0.2) is 23.2 Å². The van der Waals surface area contributed by atoms with Gasteiger partial charge in [-0.2, -0.15) is 0 Å². The minimum absolute atomic E-state index is 0.142. The average Bonchev–Trinajstić information content (AvgIpc) is 2.39. The smallest absolute Gasteiger partial charge is 0.187 e. The van der Waals surface area contributed by atoms with Crippen LogP contribution >= 0.6 is 0 Å². The lowest BCUT2D eigenvalue weighted by molar-refractivity contribution is 0.375. The van der Waals surface area contributed by atoms with Crippen LogP contribution in [0, 0.1) is 6.92 Å². The van der Waals surface area contributed by atoms with Crippen molar-refractivity contribution in [2.45, 2.75) is 45.4 Å². The van der Waals surface area contributed by atoms with E-state index in [1.54, 1.807) is 0 Å². The summed E-state index contributed by atoms with van der Waals surface area (Å²) in [7, 11) is 0. The molecule has 0 radical (unpaired) electrons. The molecule has 2 rings (SSSR count). The number of aliphatic imine (C=N–C) groups is 1. The number of rotatable bonds is 1. The number of alkyl halides is 1. The van der Waals surface area contributed by atoms with E-state index in [-0.39, 0.29) is 6.04 Å². The van der Waals surface area contributed by atoms with E-state index in [2.05, 4.69) is 18.0 Å². The number of halogens is 1. The molecule has 92 valence electrons. The van der Waals surface area contributed by atoms with Crippen molar-refractivity contribution in [3.8, 4) is 0 Å². The van der Waals surface area contributed by atoms with Crippen molar-refractivity contribution < 1.29 is 4.39 Å². The molecule has 0 amide bonds. The Morgan fingerprint density at radius 2 is 2.24 bits per heavy atom. The highest BCUT2D eigenvalue weighted by atomic mass is 19.1. The predicted octanol–water partition coefficient (Wildman–Crippen LogP) is 2.76. The Kier molecular flexibility index (Phi) is 3.57. The van der Waals surface area contributed by atoms with Crippen LogP contribution in [0.1, 0.15) is 36.5 Å². The zero-order chi connectivity index (χ0) is 12.4. The summed E-state index contributed by atoms with van der Waals surface area (Å²) >= 11 is 0. The fourth-order valence-corrected chi connectivity index (χ4v) is 2.39. The van der Waals surface area contributed by atoms with Gasteiger partial charge in [-0.25, -0.2) is 4.39 Å². The van der Waals surface area contributed by atoms with E-state index in [9.17, 15) is 4.39 Å². The molecule has 0 bridgehead atoms.